The molecule has 0 unspecified atom stereocenters. The Balaban J connectivity index is 1.73. The molecule has 22 heavy (non-hydrogen) atoms. The molecule has 5 rings (SSSR count). The van der Waals surface area contributed by atoms with Crippen LogP contribution in [0.2, 0.25) is 0 Å². The van der Waals surface area contributed by atoms with Crippen molar-refractivity contribution in [2.45, 2.75) is 38.6 Å². The Hall–Kier alpha value is -2.10. The van der Waals surface area contributed by atoms with Gasteiger partial charge in [0.05, 0.1) is 6.04 Å². The van der Waals surface area contributed by atoms with Crippen LogP contribution < -0.4 is 10.2 Å². The van der Waals surface area contributed by atoms with Crippen molar-refractivity contribution in [1.82, 2.24) is 9.97 Å². The fourth-order valence-electron chi connectivity index (χ4n) is 3.92. The molecule has 2 atom stereocenters. The molecule has 0 amide bonds. The molecular weight excluding hydrogens is 272 g/mol. The van der Waals surface area contributed by atoms with Crippen molar-refractivity contribution >= 4 is 11.8 Å². The number of anilines is 2. The predicted molar refractivity (Wildman–Crippen MR) is 89.4 cm³/mol. The Bertz CT molecular complexity index is 697. The lowest BCUT2D eigenvalue weighted by Gasteiger charge is -2.47. The number of aryl methyl sites for hydroxylation is 1. The van der Waals surface area contributed by atoms with Gasteiger partial charge in [-0.15, -0.1) is 0 Å². The van der Waals surface area contributed by atoms with Gasteiger partial charge in [-0.2, -0.15) is 4.98 Å². The SMILES string of the molecule is CCNc1nc(C)cc(N2C[C@H]3CC[C@H]2c2ccccc23)n1. The summed E-state index contributed by atoms with van der Waals surface area (Å²) in [5.74, 6) is 2.44. The lowest BCUT2D eigenvalue weighted by Crippen LogP contribution is -2.43. The normalized spacial score (nSPS) is 22.5. The number of rotatable bonds is 3. The third-order valence-corrected chi connectivity index (χ3v) is 4.85. The van der Waals surface area contributed by atoms with E-state index < -0.39 is 0 Å². The molecule has 1 N–H and O–H groups in total. The first-order valence-electron chi connectivity index (χ1n) is 8.21. The number of benzene rings is 1. The Labute approximate surface area is 131 Å². The second kappa shape index (κ2) is 5.27. The van der Waals surface area contributed by atoms with Crippen LogP contribution in [0.3, 0.4) is 0 Å². The first kappa shape index (κ1) is 13.6. The number of fused-ring (bicyclic) bond motifs is 2. The summed E-state index contributed by atoms with van der Waals surface area (Å²) in [7, 11) is 0. The van der Waals surface area contributed by atoms with Crippen LogP contribution in [0.5, 0.6) is 0 Å². The van der Waals surface area contributed by atoms with E-state index in [4.69, 9.17) is 4.98 Å². The van der Waals surface area contributed by atoms with E-state index in [1.54, 1.807) is 5.56 Å². The molecule has 1 aliphatic carbocycles. The lowest BCUT2D eigenvalue weighted by molar-refractivity contribution is 0.387. The zero-order chi connectivity index (χ0) is 15.1. The zero-order valence-electron chi connectivity index (χ0n) is 13.2. The average Bonchev–Trinajstić information content (AvgIpc) is 2.55. The minimum Gasteiger partial charge on any atom is -0.354 e. The van der Waals surface area contributed by atoms with Gasteiger partial charge >= 0.3 is 0 Å². The predicted octanol–water partition coefficient (Wildman–Crippen LogP) is 3.66. The van der Waals surface area contributed by atoms with Crippen LogP contribution in [0, 0.1) is 6.92 Å². The van der Waals surface area contributed by atoms with Gasteiger partial charge in [-0.3, -0.25) is 0 Å². The van der Waals surface area contributed by atoms with Gasteiger partial charge in [0.2, 0.25) is 5.95 Å². The van der Waals surface area contributed by atoms with Gasteiger partial charge in [-0.1, -0.05) is 24.3 Å². The Kier molecular flexibility index (Phi) is 3.25. The maximum atomic E-state index is 4.74. The summed E-state index contributed by atoms with van der Waals surface area (Å²) in [5, 5.41) is 3.24. The van der Waals surface area contributed by atoms with Crippen LogP contribution in [0.15, 0.2) is 30.3 Å². The van der Waals surface area contributed by atoms with Crippen molar-refractivity contribution in [2.24, 2.45) is 0 Å². The highest BCUT2D eigenvalue weighted by Gasteiger charge is 2.38. The Morgan fingerprint density at radius 3 is 2.82 bits per heavy atom. The third kappa shape index (κ3) is 2.14. The van der Waals surface area contributed by atoms with Crippen LogP contribution in [-0.2, 0) is 0 Å². The van der Waals surface area contributed by atoms with Crippen molar-refractivity contribution in [1.29, 1.82) is 0 Å². The first-order valence-corrected chi connectivity index (χ1v) is 8.21. The number of nitrogens with one attached hydrogen (secondary N) is 1. The maximum absolute atomic E-state index is 4.74. The van der Waals surface area contributed by atoms with Crippen molar-refractivity contribution in [2.75, 3.05) is 23.3 Å². The fourth-order valence-corrected chi connectivity index (χ4v) is 3.92. The number of aromatic nitrogens is 2. The van der Waals surface area contributed by atoms with Gasteiger partial charge in [0.25, 0.3) is 0 Å². The fraction of sp³-hybridized carbons (Fsp3) is 0.444. The van der Waals surface area contributed by atoms with Crippen molar-refractivity contribution in [3.63, 3.8) is 0 Å². The molecule has 1 aromatic carbocycles. The summed E-state index contributed by atoms with van der Waals surface area (Å²) >= 11 is 0. The number of nitrogens with zero attached hydrogens (tertiary/aromatic N) is 3. The molecule has 4 heteroatoms. The summed E-state index contributed by atoms with van der Waals surface area (Å²) in [5.41, 5.74) is 4.06. The summed E-state index contributed by atoms with van der Waals surface area (Å²) in [6.45, 7) is 6.04. The highest BCUT2D eigenvalue weighted by molar-refractivity contribution is 5.53. The molecule has 0 spiro atoms. The molecule has 114 valence electrons. The van der Waals surface area contributed by atoms with Crippen molar-refractivity contribution in [3.05, 3.63) is 47.2 Å². The molecular formula is C18H22N4. The van der Waals surface area contributed by atoms with E-state index >= 15 is 0 Å². The number of piperidine rings is 1. The first-order chi connectivity index (χ1) is 10.8. The largest absolute Gasteiger partial charge is 0.354 e. The van der Waals surface area contributed by atoms with E-state index in [2.05, 4.69) is 52.5 Å². The third-order valence-electron chi connectivity index (χ3n) is 4.85. The molecule has 0 saturated carbocycles. The van der Waals surface area contributed by atoms with Gasteiger partial charge in [-0.05, 0) is 37.8 Å². The molecule has 1 saturated heterocycles. The van der Waals surface area contributed by atoms with Gasteiger partial charge in [0.15, 0.2) is 0 Å². The smallest absolute Gasteiger partial charge is 0.224 e. The van der Waals surface area contributed by atoms with Crippen molar-refractivity contribution in [3.8, 4) is 0 Å². The molecule has 2 bridgehead atoms. The summed E-state index contributed by atoms with van der Waals surface area (Å²) < 4.78 is 0. The second-order valence-electron chi connectivity index (χ2n) is 6.29. The monoisotopic (exact) mass is 294 g/mol. The Morgan fingerprint density at radius 1 is 1.18 bits per heavy atom. The molecule has 1 aromatic heterocycles. The quantitative estimate of drug-likeness (QED) is 0.938. The highest BCUT2D eigenvalue weighted by atomic mass is 15.3. The average molecular weight is 294 g/mol. The number of hydrogen-bond acceptors (Lipinski definition) is 4. The topological polar surface area (TPSA) is 41.1 Å². The van der Waals surface area contributed by atoms with Gasteiger partial charge in [0.1, 0.15) is 5.82 Å². The van der Waals surface area contributed by atoms with Crippen molar-refractivity contribution < 1.29 is 0 Å². The van der Waals surface area contributed by atoms with Crippen LogP contribution in [-0.4, -0.2) is 23.1 Å². The van der Waals surface area contributed by atoms with Gasteiger partial charge in [0, 0.05) is 30.8 Å². The van der Waals surface area contributed by atoms with E-state index in [0.717, 1.165) is 30.5 Å². The van der Waals surface area contributed by atoms with Gasteiger partial charge < -0.3 is 10.2 Å². The Morgan fingerprint density at radius 2 is 2.00 bits per heavy atom. The summed E-state index contributed by atoms with van der Waals surface area (Å²) in [4.78, 5) is 11.7. The van der Waals surface area contributed by atoms with E-state index in [1.165, 1.54) is 18.4 Å². The molecule has 2 aromatic rings. The molecule has 3 heterocycles. The lowest BCUT2D eigenvalue weighted by atomic mass is 9.75. The number of hydrogen-bond donors (Lipinski definition) is 1. The minimum absolute atomic E-state index is 0.463. The highest BCUT2D eigenvalue weighted by Crippen LogP contribution is 2.47. The maximum Gasteiger partial charge on any atom is 0.224 e. The van der Waals surface area contributed by atoms with E-state index in [-0.39, 0.29) is 0 Å². The molecule has 2 aliphatic heterocycles. The van der Waals surface area contributed by atoms with Crippen LogP contribution in [0.25, 0.3) is 0 Å². The van der Waals surface area contributed by atoms with Crippen LogP contribution >= 0.6 is 0 Å². The standard InChI is InChI=1S/C18H22N4/c1-3-19-18-20-12(2)10-17(21-18)22-11-13-8-9-16(22)15-7-5-4-6-14(13)15/h4-7,10,13,16H,3,8-9,11H2,1-2H3,(H,19,20,21)/t13-,16+/m1/s1. The van der Waals surface area contributed by atoms with Gasteiger partial charge in [-0.25, -0.2) is 4.98 Å². The molecule has 0 radical (unpaired) electrons. The van der Waals surface area contributed by atoms with Crippen LogP contribution in [0.1, 0.15) is 48.5 Å². The molecule has 4 nitrogen and oxygen atoms in total. The molecule has 1 fully saturated rings. The second-order valence-corrected chi connectivity index (χ2v) is 6.29. The zero-order valence-corrected chi connectivity index (χ0v) is 13.2. The van der Waals surface area contributed by atoms with Crippen LogP contribution in [0.4, 0.5) is 11.8 Å². The van der Waals surface area contributed by atoms with E-state index in [9.17, 15) is 0 Å². The van der Waals surface area contributed by atoms with E-state index in [1.807, 2.05) is 6.92 Å². The van der Waals surface area contributed by atoms with E-state index in [0.29, 0.717) is 12.0 Å². The summed E-state index contributed by atoms with van der Waals surface area (Å²) in [6, 6.07) is 11.5. The molecule has 3 aliphatic rings. The summed E-state index contributed by atoms with van der Waals surface area (Å²) in [6.07, 6.45) is 2.52. The minimum atomic E-state index is 0.463.